The third kappa shape index (κ3) is 2.14. The van der Waals surface area contributed by atoms with Crippen molar-refractivity contribution in [3.05, 3.63) is 35.8 Å². The molecule has 0 bridgehead atoms. The molecule has 0 spiro atoms. The van der Waals surface area contributed by atoms with Gasteiger partial charge in [0.15, 0.2) is 5.76 Å². The van der Waals surface area contributed by atoms with Gasteiger partial charge >= 0.3 is 0 Å². The van der Waals surface area contributed by atoms with Crippen LogP contribution in [0.1, 0.15) is 37.2 Å². The summed E-state index contributed by atoms with van der Waals surface area (Å²) in [5, 5.41) is 0.630. The van der Waals surface area contributed by atoms with Gasteiger partial charge in [-0.05, 0) is 64.0 Å². The fourth-order valence-corrected chi connectivity index (χ4v) is 2.85. The van der Waals surface area contributed by atoms with Crippen molar-refractivity contribution >= 4 is 16.8 Å². The van der Waals surface area contributed by atoms with Crippen LogP contribution in [-0.4, -0.2) is 29.3 Å². The molecule has 0 N–H and O–H groups in total. The van der Waals surface area contributed by atoms with E-state index in [1.807, 2.05) is 13.8 Å². The monoisotopic (exact) mass is 275 g/mol. The van der Waals surface area contributed by atoms with Gasteiger partial charge in [-0.25, -0.2) is 4.39 Å². The van der Waals surface area contributed by atoms with E-state index >= 15 is 0 Å². The third-order valence-corrected chi connectivity index (χ3v) is 4.15. The number of furan rings is 1. The highest BCUT2D eigenvalue weighted by atomic mass is 19.1. The number of fused-ring (bicyclic) bond motifs is 1. The topological polar surface area (TPSA) is 33.5 Å². The number of nitrogens with zero attached hydrogens (tertiary/aromatic N) is 1. The van der Waals surface area contributed by atoms with Gasteiger partial charge in [-0.2, -0.15) is 0 Å². The molecule has 106 valence electrons. The summed E-state index contributed by atoms with van der Waals surface area (Å²) in [6, 6.07) is 5.92. The average Bonchev–Trinajstić information content (AvgIpc) is 3.06. The average molecular weight is 275 g/mol. The normalized spacial score (nSPS) is 16.9. The van der Waals surface area contributed by atoms with Crippen LogP contribution in [0.2, 0.25) is 0 Å². The molecule has 2 heterocycles. The van der Waals surface area contributed by atoms with Crippen LogP contribution in [0.5, 0.6) is 0 Å². The molecule has 1 saturated heterocycles. The van der Waals surface area contributed by atoms with Crippen molar-refractivity contribution in [2.24, 2.45) is 0 Å². The Balaban J connectivity index is 1.95. The van der Waals surface area contributed by atoms with Crippen LogP contribution in [0.3, 0.4) is 0 Å². The Morgan fingerprint density at radius 3 is 2.65 bits per heavy atom. The van der Waals surface area contributed by atoms with Crippen LogP contribution in [0.4, 0.5) is 4.39 Å². The van der Waals surface area contributed by atoms with Gasteiger partial charge in [0.05, 0.1) is 5.54 Å². The van der Waals surface area contributed by atoms with E-state index in [4.69, 9.17) is 4.42 Å². The zero-order chi connectivity index (χ0) is 14.3. The number of hydrogen-bond acceptors (Lipinski definition) is 3. The summed E-state index contributed by atoms with van der Waals surface area (Å²) in [7, 11) is 0. The minimum atomic E-state index is -0.580. The highest BCUT2D eigenvalue weighted by molar-refractivity contribution is 6.03. The Morgan fingerprint density at radius 2 is 1.95 bits per heavy atom. The van der Waals surface area contributed by atoms with Crippen molar-refractivity contribution in [2.45, 2.75) is 32.2 Å². The first-order valence-corrected chi connectivity index (χ1v) is 6.97. The highest BCUT2D eigenvalue weighted by Crippen LogP contribution is 2.28. The lowest BCUT2D eigenvalue weighted by Crippen LogP contribution is -2.48. The van der Waals surface area contributed by atoms with Crippen molar-refractivity contribution < 1.29 is 13.6 Å². The van der Waals surface area contributed by atoms with Gasteiger partial charge in [0.2, 0.25) is 5.78 Å². The minimum Gasteiger partial charge on any atom is -0.453 e. The quantitative estimate of drug-likeness (QED) is 0.802. The smallest absolute Gasteiger partial charge is 0.217 e. The number of rotatable bonds is 3. The maximum absolute atomic E-state index is 13.2. The lowest BCUT2D eigenvalue weighted by atomic mass is 9.95. The Bertz CT molecular complexity index is 654. The molecule has 4 heteroatoms. The molecule has 3 rings (SSSR count). The molecule has 1 aliphatic rings. The summed E-state index contributed by atoms with van der Waals surface area (Å²) in [5.74, 6) is -0.0605. The van der Waals surface area contributed by atoms with E-state index < -0.39 is 5.54 Å². The predicted octanol–water partition coefficient (Wildman–Crippen LogP) is 3.63. The first-order chi connectivity index (χ1) is 9.48. The first-order valence-electron chi connectivity index (χ1n) is 6.97. The van der Waals surface area contributed by atoms with Crippen molar-refractivity contribution in [1.29, 1.82) is 0 Å². The van der Waals surface area contributed by atoms with Crippen LogP contribution in [0.25, 0.3) is 11.0 Å². The minimum absolute atomic E-state index is 0.0454. The lowest BCUT2D eigenvalue weighted by Gasteiger charge is -2.32. The van der Waals surface area contributed by atoms with Crippen LogP contribution >= 0.6 is 0 Å². The summed E-state index contributed by atoms with van der Waals surface area (Å²) in [5.41, 5.74) is -0.0323. The van der Waals surface area contributed by atoms with Crippen LogP contribution < -0.4 is 0 Å². The van der Waals surface area contributed by atoms with Gasteiger partial charge in [-0.15, -0.1) is 0 Å². The second-order valence-corrected chi connectivity index (χ2v) is 5.88. The third-order valence-electron chi connectivity index (χ3n) is 4.15. The Morgan fingerprint density at radius 1 is 1.25 bits per heavy atom. The molecule has 0 aliphatic carbocycles. The van der Waals surface area contributed by atoms with Crippen LogP contribution in [-0.2, 0) is 0 Å². The largest absolute Gasteiger partial charge is 0.453 e. The molecule has 1 aromatic carbocycles. The van der Waals surface area contributed by atoms with Crippen LogP contribution in [0, 0.1) is 5.82 Å². The summed E-state index contributed by atoms with van der Waals surface area (Å²) in [4.78, 5) is 14.9. The van der Waals surface area contributed by atoms with Crippen LogP contribution in [0.15, 0.2) is 28.7 Å². The molecule has 2 aromatic rings. The van der Waals surface area contributed by atoms with Crippen molar-refractivity contribution in [3.63, 3.8) is 0 Å². The predicted molar refractivity (Wildman–Crippen MR) is 75.4 cm³/mol. The Hall–Kier alpha value is -1.68. The zero-order valence-corrected chi connectivity index (χ0v) is 11.8. The number of likely N-dealkylation sites (tertiary alicyclic amines) is 1. The van der Waals surface area contributed by atoms with Gasteiger partial charge in [-0.3, -0.25) is 9.69 Å². The first kappa shape index (κ1) is 13.3. The molecule has 0 saturated carbocycles. The molecule has 0 unspecified atom stereocenters. The second-order valence-electron chi connectivity index (χ2n) is 5.88. The maximum Gasteiger partial charge on any atom is 0.217 e. The fraction of sp³-hybridized carbons (Fsp3) is 0.438. The summed E-state index contributed by atoms with van der Waals surface area (Å²) < 4.78 is 18.8. The summed E-state index contributed by atoms with van der Waals surface area (Å²) in [6.07, 6.45) is 2.25. The van der Waals surface area contributed by atoms with E-state index in [2.05, 4.69) is 4.90 Å². The van der Waals surface area contributed by atoms with E-state index in [9.17, 15) is 9.18 Å². The molecule has 1 fully saturated rings. The highest BCUT2D eigenvalue weighted by Gasteiger charge is 2.38. The maximum atomic E-state index is 13.2. The number of Topliss-reactive ketones (excluding diaryl/α,β-unsaturated/α-hetero) is 1. The van der Waals surface area contributed by atoms with E-state index in [0.717, 1.165) is 25.9 Å². The molecular weight excluding hydrogens is 257 g/mol. The zero-order valence-electron chi connectivity index (χ0n) is 11.8. The van der Waals surface area contributed by atoms with Crippen molar-refractivity contribution in [2.75, 3.05) is 13.1 Å². The van der Waals surface area contributed by atoms with Crippen molar-refractivity contribution in [3.8, 4) is 0 Å². The number of benzene rings is 1. The molecule has 1 aromatic heterocycles. The van der Waals surface area contributed by atoms with Gasteiger partial charge in [0.1, 0.15) is 11.4 Å². The Kier molecular flexibility index (Phi) is 3.13. The molecular formula is C16H18FNO2. The molecule has 0 radical (unpaired) electrons. The number of hydrogen-bond donors (Lipinski definition) is 0. The van der Waals surface area contributed by atoms with Crippen molar-refractivity contribution in [1.82, 2.24) is 4.90 Å². The number of halogens is 1. The lowest BCUT2D eigenvalue weighted by molar-refractivity contribution is 0.0675. The number of ketones is 1. The molecule has 3 nitrogen and oxygen atoms in total. The van der Waals surface area contributed by atoms with E-state index in [1.165, 1.54) is 12.1 Å². The number of carbonyl (C=O) groups is 1. The standard InChI is InChI=1S/C16H18FNO2/c1-16(2,18-7-3-4-8-18)15(19)14-10-11-9-12(17)5-6-13(11)20-14/h5-6,9-10H,3-4,7-8H2,1-2H3. The Labute approximate surface area is 117 Å². The van der Waals surface area contributed by atoms with Gasteiger partial charge in [-0.1, -0.05) is 0 Å². The molecule has 0 atom stereocenters. The fourth-order valence-electron chi connectivity index (χ4n) is 2.85. The second kappa shape index (κ2) is 4.70. The SMILES string of the molecule is CC(C)(C(=O)c1cc2cc(F)ccc2o1)N1CCCC1. The summed E-state index contributed by atoms with van der Waals surface area (Å²) >= 11 is 0. The molecule has 1 aliphatic heterocycles. The van der Waals surface area contributed by atoms with Gasteiger partial charge < -0.3 is 4.42 Å². The van der Waals surface area contributed by atoms with E-state index in [-0.39, 0.29) is 11.6 Å². The van der Waals surface area contributed by atoms with Gasteiger partial charge in [0, 0.05) is 5.39 Å². The van der Waals surface area contributed by atoms with Gasteiger partial charge in [0.25, 0.3) is 0 Å². The molecule has 0 amide bonds. The van der Waals surface area contributed by atoms with E-state index in [1.54, 1.807) is 12.1 Å². The molecule has 20 heavy (non-hydrogen) atoms. The summed E-state index contributed by atoms with van der Waals surface area (Å²) in [6.45, 7) is 5.73. The number of carbonyl (C=O) groups excluding carboxylic acids is 1. The van der Waals surface area contributed by atoms with E-state index in [0.29, 0.717) is 16.7 Å².